The van der Waals surface area contributed by atoms with Crippen molar-refractivity contribution in [2.24, 2.45) is 5.73 Å². The second-order valence-corrected chi connectivity index (χ2v) is 4.74. The van der Waals surface area contributed by atoms with Crippen molar-refractivity contribution in [3.8, 4) is 0 Å². The van der Waals surface area contributed by atoms with Crippen LogP contribution in [0.4, 0.5) is 18.9 Å². The number of anilines is 1. The van der Waals surface area contributed by atoms with E-state index in [0.717, 1.165) is 6.92 Å². The molecule has 1 unspecified atom stereocenters. The number of hydrogen-bond acceptors (Lipinski definition) is 3. The highest BCUT2D eigenvalue weighted by Gasteiger charge is 2.36. The number of nitrogens with one attached hydrogen (secondary N) is 1. The number of alkyl halides is 3. The number of carbonyl (C=O) groups is 1. The summed E-state index contributed by atoms with van der Waals surface area (Å²) in [7, 11) is 0. The van der Waals surface area contributed by atoms with Gasteiger partial charge in [-0.3, -0.25) is 4.79 Å². The average molecular weight is 320 g/mol. The molecule has 0 saturated heterocycles. The molecule has 8 heteroatoms. The van der Waals surface area contributed by atoms with Gasteiger partial charge in [-0.25, -0.2) is 0 Å². The largest absolute Gasteiger partial charge is 0.414 e. The van der Waals surface area contributed by atoms with Gasteiger partial charge in [-0.1, -0.05) is 24.4 Å². The smallest absolute Gasteiger partial charge is 0.389 e. The maximum absolute atomic E-state index is 12.2. The highest BCUT2D eigenvalue weighted by atomic mass is 32.1. The molecule has 0 aliphatic rings. The maximum Gasteiger partial charge on any atom is 0.414 e. The Kier molecular flexibility index (Phi) is 6.10. The molecule has 0 saturated carbocycles. The third kappa shape index (κ3) is 6.09. The Hall–Kier alpha value is -1.67. The van der Waals surface area contributed by atoms with Crippen molar-refractivity contribution in [1.29, 1.82) is 0 Å². The zero-order valence-corrected chi connectivity index (χ0v) is 12.1. The van der Waals surface area contributed by atoms with E-state index < -0.39 is 18.2 Å². The summed E-state index contributed by atoms with van der Waals surface area (Å²) in [5.41, 5.74) is 6.51. The normalized spacial score (nSPS) is 12.8. The standard InChI is InChI=1S/C13H15F3N2O2S/c1-8(13(14,15)16)20-6-5-11(19)18-10-4-2-3-9(7-10)12(17)21/h2-4,7-8H,5-6H2,1H3,(H2,17,21)(H,18,19). The highest BCUT2D eigenvalue weighted by molar-refractivity contribution is 7.80. The predicted octanol–water partition coefficient (Wildman–Crippen LogP) is 2.62. The number of amides is 1. The molecule has 0 radical (unpaired) electrons. The molecule has 1 atom stereocenters. The van der Waals surface area contributed by atoms with Gasteiger partial charge >= 0.3 is 6.18 Å². The fraction of sp³-hybridized carbons (Fsp3) is 0.385. The van der Waals surface area contributed by atoms with Gasteiger partial charge in [-0.15, -0.1) is 0 Å². The van der Waals surface area contributed by atoms with Gasteiger partial charge in [-0.05, 0) is 19.1 Å². The Morgan fingerprint density at radius 1 is 1.48 bits per heavy atom. The van der Waals surface area contributed by atoms with Gasteiger partial charge in [0.1, 0.15) is 4.99 Å². The minimum Gasteiger partial charge on any atom is -0.389 e. The Labute approximate surface area is 125 Å². The molecule has 0 heterocycles. The number of nitrogens with two attached hydrogens (primary N) is 1. The van der Waals surface area contributed by atoms with Crippen molar-refractivity contribution in [2.75, 3.05) is 11.9 Å². The second kappa shape index (κ2) is 7.37. The van der Waals surface area contributed by atoms with E-state index in [0.29, 0.717) is 11.3 Å². The monoisotopic (exact) mass is 320 g/mol. The van der Waals surface area contributed by atoms with Crippen LogP contribution < -0.4 is 11.1 Å². The van der Waals surface area contributed by atoms with E-state index in [1.54, 1.807) is 24.3 Å². The van der Waals surface area contributed by atoms with E-state index in [1.165, 1.54) is 0 Å². The van der Waals surface area contributed by atoms with Gasteiger partial charge in [0, 0.05) is 11.3 Å². The van der Waals surface area contributed by atoms with Gasteiger partial charge in [0.2, 0.25) is 5.91 Å². The molecule has 4 nitrogen and oxygen atoms in total. The first-order valence-electron chi connectivity index (χ1n) is 6.08. The summed E-state index contributed by atoms with van der Waals surface area (Å²) in [6.07, 6.45) is -6.51. The van der Waals surface area contributed by atoms with E-state index in [2.05, 4.69) is 10.1 Å². The van der Waals surface area contributed by atoms with Crippen LogP contribution in [-0.2, 0) is 9.53 Å². The summed E-state index contributed by atoms with van der Waals surface area (Å²) in [6.45, 7) is 0.574. The summed E-state index contributed by atoms with van der Waals surface area (Å²) in [5, 5.41) is 2.53. The summed E-state index contributed by atoms with van der Waals surface area (Å²) in [5.74, 6) is -0.454. The van der Waals surface area contributed by atoms with Crippen molar-refractivity contribution in [2.45, 2.75) is 25.6 Å². The zero-order valence-electron chi connectivity index (χ0n) is 11.2. The van der Waals surface area contributed by atoms with E-state index in [4.69, 9.17) is 18.0 Å². The van der Waals surface area contributed by atoms with Gasteiger partial charge in [0.15, 0.2) is 6.10 Å². The Morgan fingerprint density at radius 3 is 2.71 bits per heavy atom. The van der Waals surface area contributed by atoms with Crippen LogP contribution in [0.15, 0.2) is 24.3 Å². The van der Waals surface area contributed by atoms with Crippen LogP contribution in [0.1, 0.15) is 18.9 Å². The van der Waals surface area contributed by atoms with Crippen LogP contribution >= 0.6 is 12.2 Å². The first-order valence-corrected chi connectivity index (χ1v) is 6.49. The fourth-order valence-corrected chi connectivity index (χ4v) is 1.52. The van der Waals surface area contributed by atoms with Gasteiger partial charge in [-0.2, -0.15) is 13.2 Å². The molecule has 3 N–H and O–H groups in total. The van der Waals surface area contributed by atoms with Crippen LogP contribution in [0.3, 0.4) is 0 Å². The summed E-state index contributed by atoms with van der Waals surface area (Å²) in [6, 6.07) is 6.55. The van der Waals surface area contributed by atoms with E-state index in [-0.39, 0.29) is 18.0 Å². The summed E-state index contributed by atoms with van der Waals surface area (Å²) in [4.78, 5) is 11.8. The number of thiocarbonyl (C=S) groups is 1. The zero-order chi connectivity index (χ0) is 16.0. The van der Waals surface area contributed by atoms with E-state index >= 15 is 0 Å². The van der Waals surface area contributed by atoms with E-state index in [1.807, 2.05) is 0 Å². The van der Waals surface area contributed by atoms with Crippen molar-refractivity contribution < 1.29 is 22.7 Å². The lowest BCUT2D eigenvalue weighted by Crippen LogP contribution is -2.29. The SMILES string of the molecule is CC(OCCC(=O)Nc1cccc(C(N)=S)c1)C(F)(F)F. The van der Waals surface area contributed by atoms with Gasteiger partial charge in [0.05, 0.1) is 13.0 Å². The van der Waals surface area contributed by atoms with Crippen LogP contribution in [0.25, 0.3) is 0 Å². The Balaban J connectivity index is 2.44. The number of benzene rings is 1. The molecule has 0 aromatic heterocycles. The molecule has 1 aromatic rings. The minimum absolute atomic E-state index is 0.183. The number of halogens is 3. The number of carbonyl (C=O) groups excluding carboxylic acids is 1. The van der Waals surface area contributed by atoms with Crippen molar-refractivity contribution in [3.05, 3.63) is 29.8 Å². The minimum atomic E-state index is -4.43. The van der Waals surface area contributed by atoms with Crippen LogP contribution in [0.2, 0.25) is 0 Å². The van der Waals surface area contributed by atoms with Crippen LogP contribution in [0, 0.1) is 0 Å². The molecule has 21 heavy (non-hydrogen) atoms. The Morgan fingerprint density at radius 2 is 2.14 bits per heavy atom. The quantitative estimate of drug-likeness (QED) is 0.791. The number of hydrogen-bond donors (Lipinski definition) is 2. The summed E-state index contributed by atoms with van der Waals surface area (Å²) >= 11 is 4.81. The topological polar surface area (TPSA) is 64.3 Å². The van der Waals surface area contributed by atoms with Gasteiger partial charge in [0.25, 0.3) is 0 Å². The lowest BCUT2D eigenvalue weighted by molar-refractivity contribution is -0.214. The lowest BCUT2D eigenvalue weighted by atomic mass is 10.2. The molecule has 0 bridgehead atoms. The lowest BCUT2D eigenvalue weighted by Gasteiger charge is -2.16. The van der Waals surface area contributed by atoms with Gasteiger partial charge < -0.3 is 15.8 Å². The molecular weight excluding hydrogens is 305 g/mol. The molecule has 0 aliphatic heterocycles. The molecule has 0 spiro atoms. The first kappa shape index (κ1) is 17.4. The third-order valence-corrected chi connectivity index (χ3v) is 2.82. The predicted molar refractivity (Wildman–Crippen MR) is 77.0 cm³/mol. The number of rotatable bonds is 6. The molecule has 1 aromatic carbocycles. The van der Waals surface area contributed by atoms with Crippen molar-refractivity contribution >= 4 is 28.8 Å². The average Bonchev–Trinajstić information content (AvgIpc) is 2.37. The van der Waals surface area contributed by atoms with Crippen LogP contribution in [-0.4, -0.2) is 29.8 Å². The van der Waals surface area contributed by atoms with E-state index in [9.17, 15) is 18.0 Å². The molecular formula is C13H15F3N2O2S. The molecule has 116 valence electrons. The highest BCUT2D eigenvalue weighted by Crippen LogP contribution is 2.22. The third-order valence-electron chi connectivity index (χ3n) is 2.59. The second-order valence-electron chi connectivity index (χ2n) is 4.30. The van der Waals surface area contributed by atoms with Crippen LogP contribution in [0.5, 0.6) is 0 Å². The van der Waals surface area contributed by atoms with Crippen molar-refractivity contribution in [1.82, 2.24) is 0 Å². The molecule has 0 fully saturated rings. The van der Waals surface area contributed by atoms with Crippen molar-refractivity contribution in [3.63, 3.8) is 0 Å². The summed E-state index contributed by atoms with van der Waals surface area (Å²) < 4.78 is 41.1. The molecule has 1 amide bonds. The maximum atomic E-state index is 12.2. The fourth-order valence-electron chi connectivity index (χ4n) is 1.40. The molecule has 1 rings (SSSR count). The first-order chi connectivity index (χ1) is 9.70. The molecule has 0 aliphatic carbocycles. The number of ether oxygens (including phenoxy) is 1. The Bertz CT molecular complexity index is 520.